The molecule has 0 bridgehead atoms. The third-order valence-corrected chi connectivity index (χ3v) is 5.58. The van der Waals surface area contributed by atoms with Gasteiger partial charge in [-0.05, 0) is 56.2 Å². The zero-order valence-electron chi connectivity index (χ0n) is 17.8. The van der Waals surface area contributed by atoms with Gasteiger partial charge in [-0.2, -0.15) is 0 Å². The second-order valence-electron chi connectivity index (χ2n) is 7.69. The van der Waals surface area contributed by atoms with Gasteiger partial charge in [-0.1, -0.05) is 11.6 Å². The van der Waals surface area contributed by atoms with Crippen LogP contribution in [-0.2, 0) is 16.0 Å². The van der Waals surface area contributed by atoms with Crippen molar-refractivity contribution >= 4 is 40.3 Å². The number of halogens is 3. The number of aliphatic carboxylic acids is 1. The van der Waals surface area contributed by atoms with E-state index in [-0.39, 0.29) is 40.8 Å². The van der Waals surface area contributed by atoms with E-state index in [9.17, 15) is 28.3 Å². The summed E-state index contributed by atoms with van der Waals surface area (Å²) in [6, 6.07) is 5.42. The monoisotopic (exact) mass is 478 g/mol. The van der Waals surface area contributed by atoms with E-state index in [1.165, 1.54) is 22.8 Å². The smallest absolute Gasteiger partial charge is 0.305 e. The summed E-state index contributed by atoms with van der Waals surface area (Å²) in [6.45, 7) is 3.10. The molecular weight excluding hydrogens is 458 g/mol. The minimum absolute atomic E-state index is 0.0165. The Morgan fingerprint density at radius 1 is 1.18 bits per heavy atom. The topological polar surface area (TPSA) is 109 Å². The summed E-state index contributed by atoms with van der Waals surface area (Å²) in [7, 11) is 0. The number of benzene rings is 2. The number of aryl methyl sites for hydroxylation is 1. The van der Waals surface area contributed by atoms with E-state index in [0.29, 0.717) is 11.3 Å². The van der Waals surface area contributed by atoms with Crippen molar-refractivity contribution in [1.82, 2.24) is 9.88 Å². The summed E-state index contributed by atoms with van der Waals surface area (Å²) < 4.78 is 30.0. The van der Waals surface area contributed by atoms with Gasteiger partial charge in [0.15, 0.2) is 11.6 Å². The molecule has 0 spiro atoms. The molecule has 0 radical (unpaired) electrons. The van der Waals surface area contributed by atoms with Gasteiger partial charge in [0.2, 0.25) is 5.91 Å². The highest BCUT2D eigenvalue weighted by molar-refractivity contribution is 6.30. The largest absolute Gasteiger partial charge is 0.505 e. The number of hydrogen-bond acceptors (Lipinski definition) is 4. The third kappa shape index (κ3) is 4.98. The molecule has 7 nitrogen and oxygen atoms in total. The fraction of sp³-hybridized carbons (Fsp3) is 0.261. The van der Waals surface area contributed by atoms with Crippen molar-refractivity contribution in [2.75, 3.05) is 0 Å². The lowest BCUT2D eigenvalue weighted by Crippen LogP contribution is -2.34. The number of carboxylic acids is 1. The first kappa shape index (κ1) is 24.2. The molecule has 1 aromatic heterocycles. The Morgan fingerprint density at radius 2 is 1.88 bits per heavy atom. The number of phenolic OH excluding ortho intramolecular Hbond substituents is 1. The minimum atomic E-state index is -1.06. The lowest BCUT2D eigenvalue weighted by atomic mass is 10.0. The molecule has 0 aliphatic heterocycles. The van der Waals surface area contributed by atoms with Gasteiger partial charge in [-0.25, -0.2) is 8.78 Å². The Labute approximate surface area is 192 Å². The van der Waals surface area contributed by atoms with E-state index in [2.05, 4.69) is 5.32 Å². The number of aromatic nitrogens is 1. The summed E-state index contributed by atoms with van der Waals surface area (Å²) in [4.78, 5) is 36.2. The van der Waals surface area contributed by atoms with Crippen LogP contribution in [0, 0.1) is 18.6 Å². The molecule has 10 heteroatoms. The van der Waals surface area contributed by atoms with Crippen LogP contribution in [0.4, 0.5) is 8.78 Å². The van der Waals surface area contributed by atoms with E-state index in [0.717, 1.165) is 12.1 Å². The van der Waals surface area contributed by atoms with E-state index >= 15 is 0 Å². The van der Waals surface area contributed by atoms with Crippen molar-refractivity contribution in [2.24, 2.45) is 0 Å². The summed E-state index contributed by atoms with van der Waals surface area (Å²) in [5.41, 5.74) is 0.776. The second-order valence-corrected chi connectivity index (χ2v) is 8.10. The molecule has 3 N–H and O–H groups in total. The van der Waals surface area contributed by atoms with Crippen LogP contribution in [0.3, 0.4) is 0 Å². The Bertz CT molecular complexity index is 1270. The molecule has 1 amide bonds. The van der Waals surface area contributed by atoms with Crippen molar-refractivity contribution in [2.45, 2.75) is 39.2 Å². The molecule has 1 atom stereocenters. The van der Waals surface area contributed by atoms with Crippen molar-refractivity contribution in [3.8, 4) is 5.75 Å². The van der Waals surface area contributed by atoms with Gasteiger partial charge >= 0.3 is 5.97 Å². The number of nitrogens with one attached hydrogen (secondary N) is 1. The van der Waals surface area contributed by atoms with Crippen molar-refractivity contribution < 1.29 is 33.4 Å². The van der Waals surface area contributed by atoms with Gasteiger partial charge in [0.1, 0.15) is 5.82 Å². The molecular formula is C23H21ClF2N2O5. The average Bonchev–Trinajstić information content (AvgIpc) is 3.01. The zero-order chi connectivity index (χ0) is 24.4. The Balaban J connectivity index is 2.00. The van der Waals surface area contributed by atoms with Crippen LogP contribution in [0.2, 0.25) is 5.02 Å². The molecule has 2 aromatic carbocycles. The molecule has 1 heterocycles. The zero-order valence-corrected chi connectivity index (χ0v) is 18.5. The number of phenols is 1. The van der Waals surface area contributed by atoms with Gasteiger partial charge in [0.25, 0.3) is 5.91 Å². The lowest BCUT2D eigenvalue weighted by molar-refractivity contribution is -0.137. The van der Waals surface area contributed by atoms with Gasteiger partial charge < -0.3 is 15.5 Å². The first-order valence-electron chi connectivity index (χ1n) is 10.0. The third-order valence-electron chi connectivity index (χ3n) is 5.27. The number of fused-ring (bicyclic) bond motifs is 1. The maximum absolute atomic E-state index is 14.9. The van der Waals surface area contributed by atoms with Gasteiger partial charge in [-0.3, -0.25) is 19.0 Å². The van der Waals surface area contributed by atoms with Gasteiger partial charge in [-0.15, -0.1) is 0 Å². The van der Waals surface area contributed by atoms with Crippen LogP contribution in [0.25, 0.3) is 10.9 Å². The molecule has 0 saturated heterocycles. The standard InChI is InChI=1S/C23H21ClF2N2O5/c1-11(9-20(31)32)27-19(30)8-4-14-12(2)28(17-6-7-18(29)22(26)21(14)17)23(33)13-3-5-15(24)16(25)10-13/h3,5-7,10-11,29H,4,8-9H2,1-2H3,(H,27,30)(H,31,32)/t11-/m0/s1. The summed E-state index contributed by atoms with van der Waals surface area (Å²) >= 11 is 5.69. The molecule has 174 valence electrons. The highest BCUT2D eigenvalue weighted by Crippen LogP contribution is 2.34. The molecule has 3 rings (SSSR count). The van der Waals surface area contributed by atoms with Gasteiger partial charge in [0, 0.05) is 29.1 Å². The summed E-state index contributed by atoms with van der Waals surface area (Å²) in [5, 5.41) is 21.1. The number of amides is 1. The van der Waals surface area contributed by atoms with Crippen LogP contribution in [0.5, 0.6) is 5.75 Å². The quantitative estimate of drug-likeness (QED) is 0.472. The predicted octanol–water partition coefficient (Wildman–Crippen LogP) is 4.19. The number of aromatic hydroxyl groups is 1. The number of rotatable bonds is 7. The van der Waals surface area contributed by atoms with Crippen LogP contribution in [0.1, 0.15) is 41.4 Å². The number of carboxylic acid groups (broad SMARTS) is 1. The molecule has 0 fully saturated rings. The summed E-state index contributed by atoms with van der Waals surface area (Å²) in [6.07, 6.45) is -0.342. The first-order valence-corrected chi connectivity index (χ1v) is 10.4. The Kier molecular flexibility index (Phi) is 7.02. The molecule has 0 unspecified atom stereocenters. The second kappa shape index (κ2) is 9.58. The number of nitrogens with zero attached hydrogens (tertiary/aromatic N) is 1. The SMILES string of the molecule is Cc1c(CCC(=O)N[C@@H](C)CC(=O)O)c2c(F)c(O)ccc2n1C(=O)c1ccc(Cl)c(F)c1. The highest BCUT2D eigenvalue weighted by Gasteiger charge is 2.24. The van der Waals surface area contributed by atoms with Crippen LogP contribution in [-0.4, -0.2) is 38.6 Å². The molecule has 0 saturated carbocycles. The Hall–Kier alpha value is -3.46. The molecule has 0 aliphatic carbocycles. The van der Waals surface area contributed by atoms with Crippen LogP contribution in [0.15, 0.2) is 30.3 Å². The van der Waals surface area contributed by atoms with Crippen molar-refractivity contribution in [1.29, 1.82) is 0 Å². The first-order chi connectivity index (χ1) is 15.5. The summed E-state index contributed by atoms with van der Waals surface area (Å²) in [5.74, 6) is -4.49. The highest BCUT2D eigenvalue weighted by atomic mass is 35.5. The van der Waals surface area contributed by atoms with E-state index in [4.69, 9.17) is 16.7 Å². The predicted molar refractivity (Wildman–Crippen MR) is 118 cm³/mol. The lowest BCUT2D eigenvalue weighted by Gasteiger charge is -2.12. The minimum Gasteiger partial charge on any atom is -0.505 e. The van der Waals surface area contributed by atoms with Crippen molar-refractivity contribution in [3.05, 3.63) is 63.8 Å². The average molecular weight is 479 g/mol. The number of carbonyl (C=O) groups is 3. The molecule has 33 heavy (non-hydrogen) atoms. The number of carbonyl (C=O) groups excluding carboxylic acids is 2. The fourth-order valence-electron chi connectivity index (χ4n) is 3.75. The number of hydrogen-bond donors (Lipinski definition) is 3. The van der Waals surface area contributed by atoms with Crippen LogP contribution < -0.4 is 5.32 Å². The fourth-order valence-corrected chi connectivity index (χ4v) is 3.87. The normalized spacial score (nSPS) is 12.0. The van der Waals surface area contributed by atoms with E-state index in [1.807, 2.05) is 0 Å². The van der Waals surface area contributed by atoms with Crippen LogP contribution >= 0.6 is 11.6 Å². The van der Waals surface area contributed by atoms with E-state index in [1.54, 1.807) is 13.8 Å². The van der Waals surface area contributed by atoms with Crippen molar-refractivity contribution in [3.63, 3.8) is 0 Å². The molecule has 3 aromatic rings. The molecule has 0 aliphatic rings. The maximum Gasteiger partial charge on any atom is 0.305 e. The maximum atomic E-state index is 14.9. The Morgan fingerprint density at radius 3 is 2.52 bits per heavy atom. The van der Waals surface area contributed by atoms with Gasteiger partial charge in [0.05, 0.1) is 17.0 Å². The van der Waals surface area contributed by atoms with E-state index < -0.39 is 41.2 Å².